The van der Waals surface area contributed by atoms with Crippen LogP contribution in [0.2, 0.25) is 0 Å². The molecule has 6 heteroatoms. The molecule has 0 atom stereocenters. The molecule has 1 heterocycles. The average Bonchev–Trinajstić information content (AvgIpc) is 2.54. The highest BCUT2D eigenvalue weighted by Gasteiger charge is 2.12. The number of fused-ring (bicyclic) bond motifs is 1. The fourth-order valence-corrected chi connectivity index (χ4v) is 2.64. The number of benzene rings is 2. The number of hydrogen-bond acceptors (Lipinski definition) is 4. The predicted molar refractivity (Wildman–Crippen MR) is 92.0 cm³/mol. The van der Waals surface area contributed by atoms with Crippen LogP contribution in [-0.4, -0.2) is 22.9 Å². The molecule has 3 aromatic rings. The number of halogens is 1. The first-order valence-corrected chi connectivity index (χ1v) is 7.47. The van der Waals surface area contributed by atoms with Crippen LogP contribution in [0.4, 0.5) is 11.5 Å². The van der Waals surface area contributed by atoms with Crippen molar-refractivity contribution in [3.8, 4) is 0 Å². The molecular weight excluding hydrogens is 342 g/mol. The normalized spacial score (nSPS) is 10.6. The van der Waals surface area contributed by atoms with Gasteiger partial charge in [-0.05, 0) is 36.4 Å². The van der Waals surface area contributed by atoms with Crippen molar-refractivity contribution in [2.24, 2.45) is 0 Å². The first-order valence-electron chi connectivity index (χ1n) is 6.67. The van der Waals surface area contributed by atoms with Gasteiger partial charge in [0.05, 0.1) is 11.9 Å². The molecule has 2 aromatic carbocycles. The lowest BCUT2D eigenvalue weighted by Crippen LogP contribution is -2.26. The maximum Gasteiger partial charge on any atom is 0.229 e. The lowest BCUT2D eigenvalue weighted by Gasteiger charge is -2.21. The molecule has 0 fully saturated rings. The van der Waals surface area contributed by atoms with Crippen molar-refractivity contribution >= 4 is 44.7 Å². The number of nitrogens with one attached hydrogen (secondary N) is 2. The van der Waals surface area contributed by atoms with Crippen LogP contribution in [0.15, 0.2) is 53.0 Å². The lowest BCUT2D eigenvalue weighted by atomic mass is 10.2. The Labute approximate surface area is 136 Å². The zero-order chi connectivity index (χ0) is 15.7. The van der Waals surface area contributed by atoms with E-state index in [0.29, 0.717) is 5.82 Å². The summed E-state index contributed by atoms with van der Waals surface area (Å²) in [5.74, 6) is 0.695. The van der Waals surface area contributed by atoms with Crippen LogP contribution < -0.4 is 10.5 Å². The summed E-state index contributed by atoms with van der Waals surface area (Å²) in [4.78, 5) is 6.31. The number of aromatic nitrogens is 2. The summed E-state index contributed by atoms with van der Waals surface area (Å²) in [7, 11) is 1.92. The van der Waals surface area contributed by atoms with E-state index in [2.05, 4.69) is 20.9 Å². The molecule has 1 aromatic heterocycles. The van der Waals surface area contributed by atoms with Gasteiger partial charge < -0.3 is 4.90 Å². The van der Waals surface area contributed by atoms with Gasteiger partial charge in [0.1, 0.15) is 5.82 Å². The number of nitrogens with zero attached hydrogens (tertiary/aromatic N) is 3. The van der Waals surface area contributed by atoms with Crippen molar-refractivity contribution in [1.29, 1.82) is 10.8 Å². The zero-order valence-corrected chi connectivity index (χ0v) is 13.5. The molecule has 2 N–H and O–H groups in total. The van der Waals surface area contributed by atoms with Crippen LogP contribution in [0.3, 0.4) is 0 Å². The van der Waals surface area contributed by atoms with Crippen molar-refractivity contribution < 1.29 is 0 Å². The molecule has 0 amide bonds. The topological polar surface area (TPSA) is 68.8 Å². The minimum absolute atomic E-state index is 0.0349. The molecule has 0 saturated carbocycles. The third-order valence-electron chi connectivity index (χ3n) is 3.51. The summed E-state index contributed by atoms with van der Waals surface area (Å²) in [6.07, 6.45) is 1.11. The van der Waals surface area contributed by atoms with Gasteiger partial charge in [-0.1, -0.05) is 28.1 Å². The molecule has 22 heavy (non-hydrogen) atoms. The fourth-order valence-electron chi connectivity index (χ4n) is 2.37. The van der Waals surface area contributed by atoms with Crippen LogP contribution in [0.25, 0.3) is 10.9 Å². The average molecular weight is 356 g/mol. The van der Waals surface area contributed by atoms with Crippen molar-refractivity contribution in [2.75, 3.05) is 11.9 Å². The first kappa shape index (κ1) is 14.5. The van der Waals surface area contributed by atoms with Gasteiger partial charge in [0.2, 0.25) is 5.62 Å². The third-order valence-corrected chi connectivity index (χ3v) is 4.03. The number of rotatable bonds is 3. The van der Waals surface area contributed by atoms with Gasteiger partial charge in [0.15, 0.2) is 0 Å². The van der Waals surface area contributed by atoms with Gasteiger partial charge in [-0.25, -0.2) is 0 Å². The minimum Gasteiger partial charge on any atom is -0.329 e. The molecule has 5 nitrogen and oxygen atoms in total. The maximum atomic E-state index is 8.05. The van der Waals surface area contributed by atoms with Crippen molar-refractivity contribution in [1.82, 2.24) is 9.55 Å². The van der Waals surface area contributed by atoms with Gasteiger partial charge in [-0.15, -0.1) is 0 Å². The Morgan fingerprint density at radius 3 is 2.50 bits per heavy atom. The van der Waals surface area contributed by atoms with E-state index in [0.717, 1.165) is 27.4 Å². The Balaban J connectivity index is 2.25. The van der Waals surface area contributed by atoms with Gasteiger partial charge >= 0.3 is 0 Å². The Bertz CT molecular complexity index is 899. The zero-order valence-electron chi connectivity index (χ0n) is 11.9. The molecule has 3 rings (SSSR count). The number of para-hydroxylation sites is 1. The second-order valence-corrected chi connectivity index (χ2v) is 5.73. The Kier molecular flexibility index (Phi) is 3.77. The van der Waals surface area contributed by atoms with E-state index in [4.69, 9.17) is 10.8 Å². The van der Waals surface area contributed by atoms with Gasteiger partial charge in [-0.3, -0.25) is 15.4 Å². The first-order chi connectivity index (χ1) is 10.6. The molecule has 0 aliphatic rings. The highest BCUT2D eigenvalue weighted by atomic mass is 79.9. The van der Waals surface area contributed by atoms with Crippen molar-refractivity contribution in [3.63, 3.8) is 0 Å². The minimum atomic E-state index is 0.0349. The predicted octanol–water partition coefficient (Wildman–Crippen LogP) is 3.50. The largest absolute Gasteiger partial charge is 0.329 e. The fraction of sp³-hybridized carbons (Fsp3) is 0.0625. The second kappa shape index (κ2) is 5.73. The molecule has 0 spiro atoms. The molecule has 0 saturated heterocycles. The molecule has 0 unspecified atom stereocenters. The Morgan fingerprint density at radius 2 is 1.82 bits per heavy atom. The quantitative estimate of drug-likeness (QED) is 0.557. The van der Waals surface area contributed by atoms with Crippen LogP contribution in [0, 0.1) is 10.8 Å². The van der Waals surface area contributed by atoms with Crippen LogP contribution >= 0.6 is 15.9 Å². The third kappa shape index (κ3) is 2.42. The van der Waals surface area contributed by atoms with Gasteiger partial charge in [0, 0.05) is 22.6 Å². The van der Waals surface area contributed by atoms with Crippen LogP contribution in [0.5, 0.6) is 0 Å². The van der Waals surface area contributed by atoms with E-state index in [1.807, 2.05) is 60.5 Å². The Morgan fingerprint density at radius 1 is 1.14 bits per heavy atom. The van der Waals surface area contributed by atoms with Gasteiger partial charge in [-0.2, -0.15) is 4.98 Å². The smallest absolute Gasteiger partial charge is 0.229 e. The second-order valence-electron chi connectivity index (χ2n) is 4.81. The summed E-state index contributed by atoms with van der Waals surface area (Å²) in [5, 5.41) is 16.4. The van der Waals surface area contributed by atoms with E-state index in [1.165, 1.54) is 4.57 Å². The number of anilines is 2. The summed E-state index contributed by atoms with van der Waals surface area (Å²) in [6, 6.07) is 15.6. The summed E-state index contributed by atoms with van der Waals surface area (Å²) in [6.45, 7) is 0. The maximum absolute atomic E-state index is 8.05. The molecule has 0 bridgehead atoms. The van der Waals surface area contributed by atoms with E-state index in [9.17, 15) is 0 Å². The summed E-state index contributed by atoms with van der Waals surface area (Å²) in [5.41, 5.74) is 1.80. The van der Waals surface area contributed by atoms with E-state index < -0.39 is 0 Å². The van der Waals surface area contributed by atoms with Crippen LogP contribution in [-0.2, 0) is 0 Å². The molecule has 0 radical (unpaired) electrons. The SMILES string of the molecule is CN(c1ccc(Br)cc1)c1nc(=N)n(C=N)c2ccccc12. The molecule has 0 aliphatic carbocycles. The lowest BCUT2D eigenvalue weighted by molar-refractivity contribution is 0.915. The molecule has 0 aliphatic heterocycles. The van der Waals surface area contributed by atoms with E-state index >= 15 is 0 Å². The highest BCUT2D eigenvalue weighted by Crippen LogP contribution is 2.28. The number of hydrogen-bond donors (Lipinski definition) is 2. The van der Waals surface area contributed by atoms with Crippen LogP contribution in [0.1, 0.15) is 0 Å². The summed E-state index contributed by atoms with van der Waals surface area (Å²) >= 11 is 3.43. The highest BCUT2D eigenvalue weighted by molar-refractivity contribution is 9.10. The standard InChI is InChI=1S/C16H14BrN5/c1-21(12-8-6-11(17)7-9-12)15-13-4-2-3-5-14(13)22(10-18)16(19)20-15/h2-10,18-19H,1H3. The monoisotopic (exact) mass is 355 g/mol. The van der Waals surface area contributed by atoms with E-state index in [1.54, 1.807) is 0 Å². The Hall–Kier alpha value is -2.47. The molecule has 110 valence electrons. The van der Waals surface area contributed by atoms with Crippen molar-refractivity contribution in [3.05, 3.63) is 58.6 Å². The van der Waals surface area contributed by atoms with Crippen molar-refractivity contribution in [2.45, 2.75) is 0 Å². The molecular formula is C16H14BrN5. The van der Waals surface area contributed by atoms with Gasteiger partial charge in [0.25, 0.3) is 0 Å². The van der Waals surface area contributed by atoms with E-state index in [-0.39, 0.29) is 5.62 Å². The summed E-state index contributed by atoms with van der Waals surface area (Å²) < 4.78 is 2.47.